The second-order valence-corrected chi connectivity index (χ2v) is 2.60. The van der Waals surface area contributed by atoms with Crippen LogP contribution < -0.4 is 0 Å². The summed E-state index contributed by atoms with van der Waals surface area (Å²) in [7, 11) is 0. The molecule has 6 heteroatoms. The summed E-state index contributed by atoms with van der Waals surface area (Å²) in [6.45, 7) is 0. The molecule has 62 valence electrons. The summed E-state index contributed by atoms with van der Waals surface area (Å²) in [5, 5.41) is 10.9. The predicted octanol–water partition coefficient (Wildman–Crippen LogP) is 1.07. The summed E-state index contributed by atoms with van der Waals surface area (Å²) >= 11 is 0.410. The fourth-order valence-corrected chi connectivity index (χ4v) is 1.23. The Morgan fingerprint density at radius 3 is 3.00 bits per heavy atom. The lowest BCUT2D eigenvalue weighted by Gasteiger charge is -1.99. The van der Waals surface area contributed by atoms with Crippen LogP contribution in [0.5, 0.6) is 0 Å². The van der Waals surface area contributed by atoms with Gasteiger partial charge in [-0.1, -0.05) is 6.08 Å². The first-order valence-corrected chi connectivity index (χ1v) is 3.70. The quantitative estimate of drug-likeness (QED) is 0.541. The van der Waals surface area contributed by atoms with E-state index in [9.17, 15) is 4.21 Å². The van der Waals surface area contributed by atoms with Crippen molar-refractivity contribution in [1.29, 1.82) is 0 Å². The zero-order valence-electron chi connectivity index (χ0n) is 5.80. The van der Waals surface area contributed by atoms with E-state index in [2.05, 4.69) is 15.4 Å². The van der Waals surface area contributed by atoms with E-state index in [0.29, 0.717) is 27.5 Å². The van der Waals surface area contributed by atoms with Gasteiger partial charge in [0.1, 0.15) is 11.4 Å². The van der Waals surface area contributed by atoms with Gasteiger partial charge in [-0.3, -0.25) is 0 Å². The summed E-state index contributed by atoms with van der Waals surface area (Å²) in [6.07, 6.45) is 5.24. The lowest BCUT2D eigenvalue weighted by molar-refractivity contribution is 0.701. The van der Waals surface area contributed by atoms with Gasteiger partial charge in [-0.25, -0.2) is 4.21 Å². The first-order chi connectivity index (χ1) is 5.42. The van der Waals surface area contributed by atoms with Gasteiger partial charge in [0.25, 0.3) is 0 Å². The Morgan fingerprint density at radius 2 is 2.25 bits per heavy atom. The van der Waals surface area contributed by atoms with Crippen LogP contribution in [0.4, 0.5) is 0 Å². The fourth-order valence-electron chi connectivity index (χ4n) is 0.874. The van der Waals surface area contributed by atoms with Crippen LogP contribution in [0.3, 0.4) is 0 Å². The molecule has 0 aromatic rings. The van der Waals surface area contributed by atoms with Gasteiger partial charge >= 0.3 is 0 Å². The van der Waals surface area contributed by atoms with E-state index in [1.165, 1.54) is 0 Å². The molecule has 0 fully saturated rings. The molecule has 0 saturated heterocycles. The van der Waals surface area contributed by atoms with Crippen molar-refractivity contribution in [2.75, 3.05) is 0 Å². The molecule has 4 nitrogen and oxygen atoms in total. The van der Waals surface area contributed by atoms with Crippen LogP contribution in [0.2, 0.25) is 0 Å². The molecule has 12 heavy (non-hydrogen) atoms. The zero-order chi connectivity index (χ0) is 7.68. The number of hydrogen-bond donors (Lipinski definition) is 0. The van der Waals surface area contributed by atoms with Crippen molar-refractivity contribution in [2.24, 2.45) is 15.4 Å². The minimum absolute atomic E-state index is 0. The monoisotopic (exact) mass is 201 g/mol. The number of rotatable bonds is 0. The molecule has 0 radical (unpaired) electrons. The third-order valence-electron chi connectivity index (χ3n) is 1.36. The van der Waals surface area contributed by atoms with Gasteiger partial charge in [0.05, 0.1) is 16.1 Å². The van der Waals surface area contributed by atoms with Crippen molar-refractivity contribution in [3.8, 4) is 0 Å². The number of fused-ring (bicyclic) bond motifs is 1. The van der Waals surface area contributed by atoms with Crippen molar-refractivity contribution in [1.82, 2.24) is 0 Å². The molecule has 0 atom stereocenters. The van der Waals surface area contributed by atoms with Crippen LogP contribution >= 0.6 is 12.4 Å². The molecule has 0 bridgehead atoms. The van der Waals surface area contributed by atoms with E-state index < -0.39 is 0 Å². The van der Waals surface area contributed by atoms with E-state index in [1.54, 1.807) is 18.2 Å². The van der Waals surface area contributed by atoms with Crippen LogP contribution in [0.15, 0.2) is 39.4 Å². The van der Waals surface area contributed by atoms with Crippen molar-refractivity contribution < 1.29 is 4.21 Å². The third-order valence-corrected chi connectivity index (χ3v) is 1.87. The van der Waals surface area contributed by atoms with Crippen LogP contribution in [0.1, 0.15) is 0 Å². The lowest BCUT2D eigenvalue weighted by Crippen LogP contribution is -2.13. The highest BCUT2D eigenvalue weighted by Gasteiger charge is 2.18. The van der Waals surface area contributed by atoms with Gasteiger partial charge in [0, 0.05) is 0 Å². The highest BCUT2D eigenvalue weighted by molar-refractivity contribution is 7.69. The number of allylic oxidation sites excluding steroid dienone is 4. The standard InChI is InChI=1S/C6H3N3OS.ClH/c10-11-5-3-1-2-4-6(5)8-9-7-4;/h1-3H;1H. The maximum absolute atomic E-state index is 10.5. The summed E-state index contributed by atoms with van der Waals surface area (Å²) in [5.41, 5.74) is 1.26. The van der Waals surface area contributed by atoms with Crippen LogP contribution in [0.25, 0.3) is 0 Å². The fraction of sp³-hybridized carbons (Fsp3) is 0. The number of nitrogens with zero attached hydrogens (tertiary/aromatic N) is 3. The topological polar surface area (TPSA) is 54.1 Å². The van der Waals surface area contributed by atoms with Crippen molar-refractivity contribution in [3.05, 3.63) is 23.9 Å². The zero-order valence-corrected chi connectivity index (χ0v) is 7.43. The Hall–Kier alpha value is -1.07. The van der Waals surface area contributed by atoms with Gasteiger partial charge in [0.15, 0.2) is 0 Å². The van der Waals surface area contributed by atoms with E-state index in [0.717, 1.165) is 0 Å². The molecule has 0 unspecified atom stereocenters. The largest absolute Gasteiger partial charge is 0.212 e. The van der Waals surface area contributed by atoms with E-state index in [1.807, 2.05) is 0 Å². The molecular weight excluding hydrogens is 198 g/mol. The second-order valence-electron chi connectivity index (χ2n) is 2.00. The van der Waals surface area contributed by atoms with Gasteiger partial charge in [-0.2, -0.15) is 0 Å². The van der Waals surface area contributed by atoms with Crippen LogP contribution in [-0.2, 0) is 11.3 Å². The van der Waals surface area contributed by atoms with Crippen molar-refractivity contribution in [3.63, 3.8) is 0 Å². The van der Waals surface area contributed by atoms with Gasteiger partial charge in [0.2, 0.25) is 0 Å². The van der Waals surface area contributed by atoms with Crippen LogP contribution in [-0.4, -0.2) is 14.8 Å². The predicted molar refractivity (Wildman–Crippen MR) is 49.9 cm³/mol. The minimum atomic E-state index is 0. The maximum Gasteiger partial charge on any atom is 0.135 e. The van der Waals surface area contributed by atoms with Gasteiger partial charge in [-0.15, -0.1) is 22.6 Å². The molecule has 0 aromatic carbocycles. The van der Waals surface area contributed by atoms with Crippen LogP contribution in [0, 0.1) is 0 Å². The summed E-state index contributed by atoms with van der Waals surface area (Å²) in [4.78, 5) is 0.576. The summed E-state index contributed by atoms with van der Waals surface area (Å²) in [6, 6.07) is 0. The Bertz CT molecular complexity index is 376. The Balaban J connectivity index is 0.000000720. The normalized spacial score (nSPS) is 17.8. The van der Waals surface area contributed by atoms with Gasteiger partial charge in [-0.05, 0) is 17.4 Å². The summed E-state index contributed by atoms with van der Waals surface area (Å²) < 4.78 is 10.5. The van der Waals surface area contributed by atoms with E-state index >= 15 is 0 Å². The lowest BCUT2D eigenvalue weighted by atomic mass is 10.1. The smallest absolute Gasteiger partial charge is 0.135 e. The molecule has 2 aliphatic rings. The molecule has 0 N–H and O–H groups in total. The molecule has 1 heterocycles. The summed E-state index contributed by atoms with van der Waals surface area (Å²) in [5.74, 6) is 0. The molecule has 1 aliphatic heterocycles. The molecule has 0 aromatic heterocycles. The minimum Gasteiger partial charge on any atom is -0.212 e. The molecule has 1 aliphatic carbocycles. The molecule has 0 spiro atoms. The maximum atomic E-state index is 10.5. The SMILES string of the molecule is Cl.O=S=C1C=CC=C2N=NN=C21. The number of hydrogen-bond acceptors (Lipinski definition) is 4. The Labute approximate surface area is 78.2 Å². The third kappa shape index (κ3) is 1.28. The number of halogens is 1. The van der Waals surface area contributed by atoms with E-state index in [4.69, 9.17) is 0 Å². The first kappa shape index (κ1) is 9.02. The molecule has 2 rings (SSSR count). The highest BCUT2D eigenvalue weighted by atomic mass is 35.5. The van der Waals surface area contributed by atoms with Gasteiger partial charge < -0.3 is 0 Å². The molecule has 0 amide bonds. The molecular formula is C6H4ClN3OS. The van der Waals surface area contributed by atoms with Crippen molar-refractivity contribution in [2.45, 2.75) is 0 Å². The Morgan fingerprint density at radius 1 is 1.42 bits per heavy atom. The highest BCUT2D eigenvalue weighted by Crippen LogP contribution is 2.14. The molecule has 0 saturated carbocycles. The average molecular weight is 202 g/mol. The Kier molecular flexibility index (Phi) is 2.67. The van der Waals surface area contributed by atoms with E-state index in [-0.39, 0.29) is 12.4 Å². The second kappa shape index (κ2) is 3.55. The van der Waals surface area contributed by atoms with Crippen molar-refractivity contribution >= 4 is 34.2 Å². The average Bonchev–Trinajstić information content (AvgIpc) is 2.50. The first-order valence-electron chi connectivity index (χ1n) is 2.96.